The lowest BCUT2D eigenvalue weighted by molar-refractivity contribution is -0.117. The SMILES string of the molecule is CCOC(=O)N1CCC(NS(=O)(=O)c2ccc(N3CCCC3=O)cc2C)CC1. The number of aryl methyl sites for hydroxylation is 1. The van der Waals surface area contributed by atoms with Crippen LogP contribution in [0.3, 0.4) is 0 Å². The van der Waals surface area contributed by atoms with Crippen LogP contribution in [0.2, 0.25) is 0 Å². The molecule has 0 atom stereocenters. The molecule has 2 aliphatic heterocycles. The van der Waals surface area contributed by atoms with E-state index in [9.17, 15) is 18.0 Å². The molecule has 9 heteroatoms. The van der Waals surface area contributed by atoms with Crippen molar-refractivity contribution in [3.63, 3.8) is 0 Å². The fraction of sp³-hybridized carbons (Fsp3) is 0.579. The molecule has 0 spiro atoms. The molecule has 28 heavy (non-hydrogen) atoms. The van der Waals surface area contributed by atoms with Gasteiger partial charge in [-0.05, 0) is 56.9 Å². The predicted molar refractivity (Wildman–Crippen MR) is 105 cm³/mol. The third-order valence-corrected chi connectivity index (χ3v) is 6.86. The van der Waals surface area contributed by atoms with Crippen LogP contribution in [0.4, 0.5) is 10.5 Å². The lowest BCUT2D eigenvalue weighted by Crippen LogP contribution is -2.46. The number of benzene rings is 1. The van der Waals surface area contributed by atoms with E-state index in [4.69, 9.17) is 4.74 Å². The van der Waals surface area contributed by atoms with E-state index in [0.717, 1.165) is 12.1 Å². The minimum atomic E-state index is -3.68. The number of carbonyl (C=O) groups excluding carboxylic acids is 2. The summed E-state index contributed by atoms with van der Waals surface area (Å²) < 4.78 is 33.4. The van der Waals surface area contributed by atoms with Gasteiger partial charge in [-0.15, -0.1) is 0 Å². The summed E-state index contributed by atoms with van der Waals surface area (Å²) >= 11 is 0. The quantitative estimate of drug-likeness (QED) is 0.803. The number of nitrogens with zero attached hydrogens (tertiary/aromatic N) is 2. The van der Waals surface area contributed by atoms with Crippen molar-refractivity contribution < 1.29 is 22.7 Å². The predicted octanol–water partition coefficient (Wildman–Crippen LogP) is 2.02. The van der Waals surface area contributed by atoms with Crippen molar-refractivity contribution in [1.29, 1.82) is 0 Å². The molecule has 1 aromatic rings. The van der Waals surface area contributed by atoms with E-state index in [2.05, 4.69) is 4.72 Å². The molecule has 2 amide bonds. The number of rotatable bonds is 5. The number of amides is 2. The van der Waals surface area contributed by atoms with Gasteiger partial charge in [0.15, 0.2) is 0 Å². The van der Waals surface area contributed by atoms with Crippen LogP contribution in [0.5, 0.6) is 0 Å². The summed E-state index contributed by atoms with van der Waals surface area (Å²) in [6.45, 7) is 5.40. The number of sulfonamides is 1. The molecule has 0 unspecified atom stereocenters. The standard InChI is InChI=1S/C19H27N3O5S/c1-3-27-19(24)21-11-8-15(9-12-21)20-28(25,26)17-7-6-16(13-14(17)2)22-10-4-5-18(22)23/h6-7,13,15,20H,3-5,8-12H2,1-2H3. The van der Waals surface area contributed by atoms with Crippen molar-refractivity contribution in [2.24, 2.45) is 0 Å². The fourth-order valence-corrected chi connectivity index (χ4v) is 5.23. The van der Waals surface area contributed by atoms with Gasteiger partial charge < -0.3 is 14.5 Å². The number of anilines is 1. The van der Waals surface area contributed by atoms with Crippen LogP contribution >= 0.6 is 0 Å². The van der Waals surface area contributed by atoms with Crippen LogP contribution in [0.1, 0.15) is 38.2 Å². The Bertz CT molecular complexity index is 847. The molecule has 154 valence electrons. The summed E-state index contributed by atoms with van der Waals surface area (Å²) in [5.74, 6) is 0.0708. The lowest BCUT2D eigenvalue weighted by Gasteiger charge is -2.31. The first-order valence-corrected chi connectivity index (χ1v) is 11.1. The van der Waals surface area contributed by atoms with Gasteiger partial charge in [0.1, 0.15) is 0 Å². The Morgan fingerprint density at radius 1 is 1.25 bits per heavy atom. The highest BCUT2D eigenvalue weighted by Crippen LogP contribution is 2.26. The van der Waals surface area contributed by atoms with Crippen LogP contribution in [0.25, 0.3) is 0 Å². The Balaban J connectivity index is 1.65. The van der Waals surface area contributed by atoms with Crippen molar-refractivity contribution in [3.8, 4) is 0 Å². The minimum Gasteiger partial charge on any atom is -0.450 e. The van der Waals surface area contributed by atoms with Crippen molar-refractivity contribution in [1.82, 2.24) is 9.62 Å². The van der Waals surface area contributed by atoms with Crippen LogP contribution in [-0.4, -0.2) is 57.6 Å². The molecule has 3 rings (SSSR count). The van der Waals surface area contributed by atoms with E-state index in [-0.39, 0.29) is 22.9 Å². The summed E-state index contributed by atoms with van der Waals surface area (Å²) in [5.41, 5.74) is 1.34. The molecule has 2 fully saturated rings. The fourth-order valence-electron chi connectivity index (χ4n) is 3.70. The number of carbonyl (C=O) groups is 2. The topological polar surface area (TPSA) is 96.0 Å². The molecule has 2 heterocycles. The number of ether oxygens (including phenoxy) is 1. The van der Waals surface area contributed by atoms with E-state index in [1.54, 1.807) is 41.8 Å². The van der Waals surface area contributed by atoms with E-state index in [1.807, 2.05) is 0 Å². The number of hydrogen-bond acceptors (Lipinski definition) is 5. The normalized spacial score (nSPS) is 18.6. The average molecular weight is 410 g/mol. The zero-order valence-electron chi connectivity index (χ0n) is 16.3. The summed E-state index contributed by atoms with van der Waals surface area (Å²) in [7, 11) is -3.68. The highest BCUT2D eigenvalue weighted by atomic mass is 32.2. The lowest BCUT2D eigenvalue weighted by atomic mass is 10.1. The first-order chi connectivity index (χ1) is 13.3. The molecule has 0 aliphatic carbocycles. The number of likely N-dealkylation sites (tertiary alicyclic amines) is 1. The molecule has 1 N–H and O–H groups in total. The summed E-state index contributed by atoms with van der Waals surface area (Å²) in [4.78, 5) is 27.2. The van der Waals surface area contributed by atoms with Gasteiger partial charge in [0.05, 0.1) is 11.5 Å². The Morgan fingerprint density at radius 2 is 1.96 bits per heavy atom. The maximum absolute atomic E-state index is 12.8. The maximum atomic E-state index is 12.8. The molecule has 1 aromatic carbocycles. The molecule has 0 bridgehead atoms. The first kappa shape index (κ1) is 20.6. The van der Waals surface area contributed by atoms with Crippen molar-refractivity contribution >= 4 is 27.7 Å². The van der Waals surface area contributed by atoms with E-state index in [1.165, 1.54) is 0 Å². The number of piperidine rings is 1. The monoisotopic (exact) mass is 409 g/mol. The van der Waals surface area contributed by atoms with Gasteiger partial charge >= 0.3 is 6.09 Å². The van der Waals surface area contributed by atoms with Crippen LogP contribution < -0.4 is 9.62 Å². The van der Waals surface area contributed by atoms with Crippen molar-refractivity contribution in [2.75, 3.05) is 31.1 Å². The Kier molecular flexibility index (Phi) is 6.24. The van der Waals surface area contributed by atoms with Crippen molar-refractivity contribution in [2.45, 2.75) is 50.5 Å². The van der Waals surface area contributed by atoms with Gasteiger partial charge in [-0.25, -0.2) is 17.9 Å². The zero-order valence-corrected chi connectivity index (χ0v) is 17.1. The average Bonchev–Trinajstić information content (AvgIpc) is 3.08. The molecule has 0 saturated carbocycles. The molecular formula is C19H27N3O5S. The molecular weight excluding hydrogens is 382 g/mol. The van der Waals surface area contributed by atoms with Crippen molar-refractivity contribution in [3.05, 3.63) is 23.8 Å². The molecule has 0 aromatic heterocycles. The van der Waals surface area contributed by atoms with Gasteiger partial charge in [-0.3, -0.25) is 4.79 Å². The third-order valence-electron chi connectivity index (χ3n) is 5.18. The number of nitrogens with one attached hydrogen (secondary N) is 1. The summed E-state index contributed by atoms with van der Waals surface area (Å²) in [6, 6.07) is 4.77. The van der Waals surface area contributed by atoms with Gasteiger partial charge in [-0.2, -0.15) is 0 Å². The molecule has 8 nitrogen and oxygen atoms in total. The minimum absolute atomic E-state index is 0.0708. The second-order valence-corrected chi connectivity index (χ2v) is 8.86. The highest BCUT2D eigenvalue weighted by molar-refractivity contribution is 7.89. The van der Waals surface area contributed by atoms with Gasteiger partial charge in [0.25, 0.3) is 0 Å². The largest absolute Gasteiger partial charge is 0.450 e. The highest BCUT2D eigenvalue weighted by Gasteiger charge is 2.28. The van der Waals surface area contributed by atoms with Gasteiger partial charge in [-0.1, -0.05) is 0 Å². The van der Waals surface area contributed by atoms with Crippen LogP contribution in [0.15, 0.2) is 23.1 Å². The smallest absolute Gasteiger partial charge is 0.409 e. The van der Waals surface area contributed by atoms with Gasteiger partial charge in [0.2, 0.25) is 15.9 Å². The van der Waals surface area contributed by atoms with Crippen LogP contribution in [-0.2, 0) is 19.6 Å². The molecule has 2 saturated heterocycles. The first-order valence-electron chi connectivity index (χ1n) is 9.67. The van der Waals surface area contributed by atoms with E-state index in [0.29, 0.717) is 51.1 Å². The molecule has 0 radical (unpaired) electrons. The summed E-state index contributed by atoms with van der Waals surface area (Å²) in [6.07, 6.45) is 2.08. The zero-order chi connectivity index (χ0) is 20.3. The van der Waals surface area contributed by atoms with E-state index < -0.39 is 10.0 Å². The van der Waals surface area contributed by atoms with Gasteiger partial charge in [0, 0.05) is 37.8 Å². The Hall–Kier alpha value is -2.13. The number of hydrogen-bond donors (Lipinski definition) is 1. The maximum Gasteiger partial charge on any atom is 0.409 e. The Morgan fingerprint density at radius 3 is 2.54 bits per heavy atom. The second kappa shape index (κ2) is 8.48. The van der Waals surface area contributed by atoms with E-state index >= 15 is 0 Å². The third kappa shape index (κ3) is 4.47. The molecule has 2 aliphatic rings. The van der Waals surface area contributed by atoms with Crippen LogP contribution in [0, 0.1) is 6.92 Å². The second-order valence-electron chi connectivity index (χ2n) is 7.18. The Labute approximate surface area is 165 Å². The summed E-state index contributed by atoms with van der Waals surface area (Å²) in [5, 5.41) is 0.